The van der Waals surface area contributed by atoms with Crippen molar-refractivity contribution < 1.29 is 9.53 Å². The number of carbonyl (C=O) groups excluding carboxylic acids is 1. The van der Waals surface area contributed by atoms with Gasteiger partial charge in [-0.2, -0.15) is 0 Å². The van der Waals surface area contributed by atoms with Gasteiger partial charge in [0.05, 0.1) is 12.9 Å². The minimum Gasteiger partial charge on any atom is -0.497 e. The molecule has 128 valence electrons. The normalized spacial score (nSPS) is 10.2. The maximum atomic E-state index is 11.9. The van der Waals surface area contributed by atoms with Crippen LogP contribution >= 0.6 is 11.8 Å². The highest BCUT2D eigenvalue weighted by molar-refractivity contribution is 8.00. The van der Waals surface area contributed by atoms with Crippen molar-refractivity contribution in [2.45, 2.75) is 11.3 Å². The largest absolute Gasteiger partial charge is 0.497 e. The molecule has 0 atom stereocenters. The molecule has 1 N–H and O–H groups in total. The van der Waals surface area contributed by atoms with Gasteiger partial charge in [-0.05, 0) is 36.8 Å². The van der Waals surface area contributed by atoms with E-state index in [1.165, 1.54) is 17.4 Å². The summed E-state index contributed by atoms with van der Waals surface area (Å²) in [7, 11) is 3.71. The number of anilines is 1. The second-order valence-corrected chi connectivity index (χ2v) is 6.48. The Morgan fingerprint density at radius 3 is 2.71 bits per heavy atom. The zero-order valence-electron chi connectivity index (χ0n) is 14.2. The lowest BCUT2D eigenvalue weighted by molar-refractivity contribution is -0.118. The average Bonchev–Trinajstić information content (AvgIpc) is 2.64. The van der Waals surface area contributed by atoms with E-state index in [4.69, 9.17) is 4.74 Å². The quantitative estimate of drug-likeness (QED) is 0.559. The lowest BCUT2D eigenvalue weighted by atomic mass is 10.3. The SMILES string of the molecule is COc1cccc(SCC(=O)NCCCN(C)c2ccccc2)c1. The average molecular weight is 344 g/mol. The van der Waals surface area contributed by atoms with Crippen LogP contribution in [-0.2, 0) is 4.79 Å². The second-order valence-electron chi connectivity index (χ2n) is 5.43. The van der Waals surface area contributed by atoms with Crippen molar-refractivity contribution in [1.29, 1.82) is 0 Å². The molecule has 0 aliphatic carbocycles. The molecule has 0 heterocycles. The van der Waals surface area contributed by atoms with Gasteiger partial charge in [0, 0.05) is 30.7 Å². The number of nitrogens with zero attached hydrogens (tertiary/aromatic N) is 1. The molecule has 2 aromatic rings. The number of thioether (sulfide) groups is 1. The van der Waals surface area contributed by atoms with E-state index in [0.717, 1.165) is 23.6 Å². The van der Waals surface area contributed by atoms with Gasteiger partial charge in [0.2, 0.25) is 5.91 Å². The molecule has 0 unspecified atom stereocenters. The smallest absolute Gasteiger partial charge is 0.230 e. The summed E-state index contributed by atoms with van der Waals surface area (Å²) in [6, 6.07) is 18.0. The fraction of sp³-hybridized carbons (Fsp3) is 0.316. The highest BCUT2D eigenvalue weighted by atomic mass is 32.2. The number of para-hydroxylation sites is 1. The van der Waals surface area contributed by atoms with Gasteiger partial charge in [0.1, 0.15) is 5.75 Å². The summed E-state index contributed by atoms with van der Waals surface area (Å²) >= 11 is 1.52. The van der Waals surface area contributed by atoms with Crippen molar-refractivity contribution in [3.05, 3.63) is 54.6 Å². The third-order valence-electron chi connectivity index (χ3n) is 3.60. The van der Waals surface area contributed by atoms with Gasteiger partial charge in [-0.1, -0.05) is 24.3 Å². The molecule has 0 saturated carbocycles. The number of amides is 1. The minimum absolute atomic E-state index is 0.0604. The minimum atomic E-state index is 0.0604. The molecule has 0 fully saturated rings. The number of ether oxygens (including phenoxy) is 1. The Hall–Kier alpha value is -2.14. The second kappa shape index (κ2) is 9.88. The molecule has 0 spiro atoms. The molecule has 2 aromatic carbocycles. The molecule has 0 aromatic heterocycles. The van der Waals surface area contributed by atoms with Gasteiger partial charge in [-0.25, -0.2) is 0 Å². The summed E-state index contributed by atoms with van der Waals surface area (Å²) in [6.45, 7) is 1.60. The van der Waals surface area contributed by atoms with Crippen LogP contribution in [0.5, 0.6) is 5.75 Å². The van der Waals surface area contributed by atoms with Crippen LogP contribution in [0.3, 0.4) is 0 Å². The Morgan fingerprint density at radius 2 is 1.96 bits per heavy atom. The van der Waals surface area contributed by atoms with Crippen LogP contribution in [0.2, 0.25) is 0 Å². The van der Waals surface area contributed by atoms with E-state index in [-0.39, 0.29) is 5.91 Å². The number of carbonyl (C=O) groups is 1. The van der Waals surface area contributed by atoms with E-state index < -0.39 is 0 Å². The Bertz CT molecular complexity index is 634. The van der Waals surface area contributed by atoms with Crippen LogP contribution in [0.4, 0.5) is 5.69 Å². The Morgan fingerprint density at radius 1 is 1.17 bits per heavy atom. The molecular weight excluding hydrogens is 320 g/mol. The predicted molar refractivity (Wildman–Crippen MR) is 101 cm³/mol. The van der Waals surface area contributed by atoms with E-state index in [1.807, 2.05) is 42.5 Å². The Balaban J connectivity index is 1.63. The summed E-state index contributed by atoms with van der Waals surface area (Å²) in [5.74, 6) is 1.29. The summed E-state index contributed by atoms with van der Waals surface area (Å²) in [5.41, 5.74) is 1.19. The molecule has 0 saturated heterocycles. The monoisotopic (exact) mass is 344 g/mol. The first kappa shape index (κ1) is 18.2. The molecule has 0 radical (unpaired) electrons. The number of hydrogen-bond donors (Lipinski definition) is 1. The van der Waals surface area contributed by atoms with Gasteiger partial charge >= 0.3 is 0 Å². The van der Waals surface area contributed by atoms with Gasteiger partial charge in [-0.3, -0.25) is 4.79 Å². The highest BCUT2D eigenvalue weighted by Crippen LogP contribution is 2.22. The van der Waals surface area contributed by atoms with Crippen molar-refractivity contribution in [2.75, 3.05) is 37.9 Å². The molecule has 4 nitrogen and oxygen atoms in total. The summed E-state index contributed by atoms with van der Waals surface area (Å²) in [6.07, 6.45) is 0.918. The zero-order valence-corrected chi connectivity index (χ0v) is 15.0. The van der Waals surface area contributed by atoms with E-state index in [1.54, 1.807) is 7.11 Å². The molecule has 2 rings (SSSR count). The van der Waals surface area contributed by atoms with Gasteiger partial charge in [-0.15, -0.1) is 11.8 Å². The predicted octanol–water partition coefficient (Wildman–Crippen LogP) is 3.43. The van der Waals surface area contributed by atoms with Crippen molar-refractivity contribution in [1.82, 2.24) is 5.32 Å². The van der Waals surface area contributed by atoms with Crippen LogP contribution < -0.4 is 15.0 Å². The topological polar surface area (TPSA) is 41.6 Å². The maximum Gasteiger partial charge on any atom is 0.230 e. The molecule has 0 bridgehead atoms. The molecule has 1 amide bonds. The lowest BCUT2D eigenvalue weighted by Crippen LogP contribution is -2.29. The van der Waals surface area contributed by atoms with Crippen molar-refractivity contribution in [2.24, 2.45) is 0 Å². The lowest BCUT2D eigenvalue weighted by Gasteiger charge is -2.19. The van der Waals surface area contributed by atoms with E-state index >= 15 is 0 Å². The van der Waals surface area contributed by atoms with Crippen molar-refractivity contribution in [3.63, 3.8) is 0 Å². The van der Waals surface area contributed by atoms with Gasteiger partial charge in [0.15, 0.2) is 0 Å². The van der Waals surface area contributed by atoms with Crippen LogP contribution in [0.15, 0.2) is 59.5 Å². The fourth-order valence-electron chi connectivity index (χ4n) is 2.25. The van der Waals surface area contributed by atoms with Crippen LogP contribution in [0.25, 0.3) is 0 Å². The zero-order chi connectivity index (χ0) is 17.2. The Labute approximate surface area is 148 Å². The third kappa shape index (κ3) is 6.16. The summed E-state index contributed by atoms with van der Waals surface area (Å²) in [4.78, 5) is 15.1. The third-order valence-corrected chi connectivity index (χ3v) is 4.59. The first-order valence-corrected chi connectivity index (χ1v) is 8.97. The number of hydrogen-bond acceptors (Lipinski definition) is 4. The number of rotatable bonds is 9. The van der Waals surface area contributed by atoms with Crippen LogP contribution in [0, 0.1) is 0 Å². The summed E-state index contributed by atoms with van der Waals surface area (Å²) in [5, 5.41) is 2.97. The first-order valence-electron chi connectivity index (χ1n) is 7.99. The molecule has 0 aliphatic rings. The van der Waals surface area contributed by atoms with E-state index in [0.29, 0.717) is 12.3 Å². The number of methoxy groups -OCH3 is 1. The van der Waals surface area contributed by atoms with Crippen LogP contribution in [0.1, 0.15) is 6.42 Å². The molecular formula is C19H24N2O2S. The van der Waals surface area contributed by atoms with Gasteiger partial charge in [0.25, 0.3) is 0 Å². The maximum absolute atomic E-state index is 11.9. The highest BCUT2D eigenvalue weighted by Gasteiger charge is 2.04. The summed E-state index contributed by atoms with van der Waals surface area (Å²) < 4.78 is 5.18. The Kier molecular flexibility index (Phi) is 7.49. The van der Waals surface area contributed by atoms with Crippen molar-refractivity contribution >= 4 is 23.4 Å². The van der Waals surface area contributed by atoms with Crippen molar-refractivity contribution in [3.8, 4) is 5.75 Å². The molecule has 0 aliphatic heterocycles. The molecule has 24 heavy (non-hydrogen) atoms. The standard InChI is InChI=1S/C19H24N2O2S/c1-21(16-8-4-3-5-9-16)13-7-12-20-19(22)15-24-18-11-6-10-17(14-18)23-2/h3-6,8-11,14H,7,12-13,15H2,1-2H3,(H,20,22). The first-order chi connectivity index (χ1) is 11.7. The number of nitrogens with one attached hydrogen (secondary N) is 1. The molecule has 5 heteroatoms. The van der Waals surface area contributed by atoms with E-state index in [9.17, 15) is 4.79 Å². The number of benzene rings is 2. The van der Waals surface area contributed by atoms with E-state index in [2.05, 4.69) is 29.4 Å². The fourth-order valence-corrected chi connectivity index (χ4v) is 3.02. The van der Waals surface area contributed by atoms with Crippen LogP contribution in [-0.4, -0.2) is 38.9 Å². The van der Waals surface area contributed by atoms with Gasteiger partial charge < -0.3 is 15.0 Å².